The Morgan fingerprint density at radius 3 is 2.61 bits per heavy atom. The predicted octanol–water partition coefficient (Wildman–Crippen LogP) is 2.01. The highest BCUT2D eigenvalue weighted by molar-refractivity contribution is 5.93. The van der Waals surface area contributed by atoms with Gasteiger partial charge >= 0.3 is 0 Å². The van der Waals surface area contributed by atoms with Crippen LogP contribution in [0.1, 0.15) is 62.4 Å². The summed E-state index contributed by atoms with van der Waals surface area (Å²) >= 11 is 0. The fourth-order valence-electron chi connectivity index (χ4n) is 7.98. The van der Waals surface area contributed by atoms with Crippen molar-refractivity contribution >= 4 is 11.7 Å². The van der Waals surface area contributed by atoms with E-state index in [-0.39, 0.29) is 11.9 Å². The van der Waals surface area contributed by atoms with Gasteiger partial charge in [0, 0.05) is 37.8 Å². The molecular weight excluding hydrogens is 414 g/mol. The molecule has 1 aromatic rings. The summed E-state index contributed by atoms with van der Waals surface area (Å²) in [6.07, 6.45) is 7.43. The summed E-state index contributed by atoms with van der Waals surface area (Å²) in [5, 5.41) is 17.7. The van der Waals surface area contributed by atoms with Gasteiger partial charge in [0.2, 0.25) is 0 Å². The number of hydrogen-bond acceptors (Lipinski definition) is 6. The van der Waals surface area contributed by atoms with Crippen LogP contribution in [0.25, 0.3) is 0 Å². The van der Waals surface area contributed by atoms with Crippen LogP contribution in [-0.2, 0) is 0 Å². The van der Waals surface area contributed by atoms with Crippen LogP contribution in [0.5, 0.6) is 0 Å². The number of nitrogens with zero attached hydrogens (tertiary/aromatic N) is 3. The van der Waals surface area contributed by atoms with Crippen LogP contribution in [0.15, 0.2) is 18.2 Å². The molecule has 33 heavy (non-hydrogen) atoms. The van der Waals surface area contributed by atoms with Gasteiger partial charge in [0.1, 0.15) is 11.5 Å². The van der Waals surface area contributed by atoms with Crippen molar-refractivity contribution in [2.75, 3.05) is 37.6 Å². The molecule has 7 nitrogen and oxygen atoms in total. The number of nitrogens with one attached hydrogen (secondary N) is 2. The maximum atomic E-state index is 13.2. The first-order valence-corrected chi connectivity index (χ1v) is 13.2. The molecule has 0 spiro atoms. The van der Waals surface area contributed by atoms with E-state index in [1.165, 1.54) is 12.8 Å². The number of carbonyl (C=O) groups is 1. The third kappa shape index (κ3) is 4.17. The summed E-state index contributed by atoms with van der Waals surface area (Å²) in [4.78, 5) is 23.1. The molecule has 0 aromatic carbocycles. The lowest BCUT2D eigenvalue weighted by atomic mass is 9.52. The van der Waals surface area contributed by atoms with Gasteiger partial charge in [-0.2, -0.15) is 0 Å². The van der Waals surface area contributed by atoms with Crippen LogP contribution in [0.2, 0.25) is 0 Å². The summed E-state index contributed by atoms with van der Waals surface area (Å²) in [7, 11) is 0. The molecule has 4 saturated carbocycles. The first-order chi connectivity index (χ1) is 16.0. The van der Waals surface area contributed by atoms with E-state index in [1.54, 1.807) is 0 Å². The van der Waals surface area contributed by atoms with Crippen molar-refractivity contribution in [1.82, 2.24) is 20.5 Å². The minimum absolute atomic E-state index is 0.0534. The number of pyridine rings is 1. The number of aromatic nitrogens is 1. The quantitative estimate of drug-likeness (QED) is 0.647. The van der Waals surface area contributed by atoms with Crippen molar-refractivity contribution in [2.24, 2.45) is 17.8 Å². The van der Waals surface area contributed by atoms with Gasteiger partial charge in [-0.05, 0) is 94.8 Å². The van der Waals surface area contributed by atoms with Gasteiger partial charge in [-0.3, -0.25) is 9.69 Å². The number of piperidine rings is 1. The smallest absolute Gasteiger partial charge is 0.270 e. The van der Waals surface area contributed by atoms with Gasteiger partial charge in [0.25, 0.3) is 5.91 Å². The highest BCUT2D eigenvalue weighted by Crippen LogP contribution is 2.55. The number of rotatable bonds is 4. The van der Waals surface area contributed by atoms with Crippen molar-refractivity contribution in [2.45, 2.75) is 75.6 Å². The number of aliphatic hydroxyl groups is 1. The van der Waals surface area contributed by atoms with Gasteiger partial charge < -0.3 is 20.6 Å². The van der Waals surface area contributed by atoms with Gasteiger partial charge in [-0.15, -0.1) is 0 Å². The van der Waals surface area contributed by atoms with E-state index in [0.29, 0.717) is 35.5 Å². The Bertz CT molecular complexity index is 871. The second kappa shape index (κ2) is 8.51. The maximum absolute atomic E-state index is 13.2. The highest BCUT2D eigenvalue weighted by atomic mass is 16.3. The largest absolute Gasteiger partial charge is 0.390 e. The first-order valence-electron chi connectivity index (χ1n) is 13.2. The fourth-order valence-corrected chi connectivity index (χ4v) is 7.98. The molecule has 6 aliphatic rings. The maximum Gasteiger partial charge on any atom is 0.270 e. The predicted molar refractivity (Wildman–Crippen MR) is 128 cm³/mol. The molecule has 3 N–H and O–H groups in total. The van der Waals surface area contributed by atoms with Crippen LogP contribution in [0.4, 0.5) is 5.82 Å². The Balaban J connectivity index is 1.11. The van der Waals surface area contributed by atoms with Crippen molar-refractivity contribution in [3.8, 4) is 0 Å². The average molecular weight is 454 g/mol. The molecule has 7 heteroatoms. The van der Waals surface area contributed by atoms with Gasteiger partial charge in [0.15, 0.2) is 0 Å². The molecule has 7 rings (SSSR count). The van der Waals surface area contributed by atoms with E-state index >= 15 is 0 Å². The number of anilines is 1. The Kier molecular flexibility index (Phi) is 5.62. The van der Waals surface area contributed by atoms with E-state index in [9.17, 15) is 9.90 Å². The molecular formula is C26H39N5O2. The van der Waals surface area contributed by atoms with Crippen molar-refractivity contribution in [3.05, 3.63) is 23.9 Å². The molecule has 4 bridgehead atoms. The lowest BCUT2D eigenvalue weighted by Gasteiger charge is -2.58. The molecule has 2 aliphatic heterocycles. The Morgan fingerprint density at radius 2 is 1.91 bits per heavy atom. The van der Waals surface area contributed by atoms with Crippen LogP contribution in [0.3, 0.4) is 0 Å². The van der Waals surface area contributed by atoms with Crippen molar-refractivity contribution in [1.29, 1.82) is 0 Å². The Morgan fingerprint density at radius 1 is 1.15 bits per heavy atom. The van der Waals surface area contributed by atoms with E-state index < -0.39 is 5.60 Å². The third-order valence-electron chi connectivity index (χ3n) is 9.28. The SMILES string of the molecule is CC1CN(C2CCNCC2)CCN1c1cccc(C(=O)NC2C3CC4CC2CC(O)(C4)C3)n1. The van der Waals surface area contributed by atoms with E-state index in [0.717, 1.165) is 70.6 Å². The number of hydrogen-bond donors (Lipinski definition) is 3. The third-order valence-corrected chi connectivity index (χ3v) is 9.28. The monoisotopic (exact) mass is 453 g/mol. The van der Waals surface area contributed by atoms with Gasteiger partial charge in [-0.1, -0.05) is 6.07 Å². The van der Waals surface area contributed by atoms with Crippen LogP contribution < -0.4 is 15.5 Å². The van der Waals surface area contributed by atoms with Gasteiger partial charge in [0.05, 0.1) is 5.60 Å². The molecule has 1 amide bonds. The molecule has 6 fully saturated rings. The van der Waals surface area contributed by atoms with Crippen LogP contribution in [0, 0.1) is 17.8 Å². The number of carbonyl (C=O) groups excluding carboxylic acids is 1. The molecule has 4 aliphatic carbocycles. The molecule has 1 aromatic heterocycles. The standard InChI is InChI=1S/C26H39N5O2/c1-17-16-30(21-5-7-27-8-6-21)9-10-31(17)23-4-2-3-22(28-23)25(32)29-24-19-11-18-12-20(24)15-26(33,13-18)14-19/h2-4,17-21,24,27,33H,5-16H2,1H3,(H,29,32). The number of amides is 1. The van der Waals surface area contributed by atoms with Crippen molar-refractivity contribution in [3.63, 3.8) is 0 Å². The average Bonchev–Trinajstić information content (AvgIpc) is 2.81. The topological polar surface area (TPSA) is 80.7 Å². The summed E-state index contributed by atoms with van der Waals surface area (Å²) < 4.78 is 0. The first kappa shape index (κ1) is 21.8. The summed E-state index contributed by atoms with van der Waals surface area (Å²) in [6, 6.07) is 7.13. The fraction of sp³-hybridized carbons (Fsp3) is 0.769. The zero-order valence-corrected chi connectivity index (χ0v) is 19.9. The molecule has 3 unspecified atom stereocenters. The highest BCUT2D eigenvalue weighted by Gasteiger charge is 2.55. The lowest BCUT2D eigenvalue weighted by molar-refractivity contribution is -0.136. The number of piperazine rings is 1. The lowest BCUT2D eigenvalue weighted by Crippen LogP contribution is -2.61. The van der Waals surface area contributed by atoms with Crippen molar-refractivity contribution < 1.29 is 9.90 Å². The zero-order chi connectivity index (χ0) is 22.6. The minimum Gasteiger partial charge on any atom is -0.390 e. The van der Waals surface area contributed by atoms with E-state index in [1.807, 2.05) is 18.2 Å². The van der Waals surface area contributed by atoms with Crippen LogP contribution >= 0.6 is 0 Å². The zero-order valence-electron chi connectivity index (χ0n) is 19.9. The minimum atomic E-state index is -0.470. The van der Waals surface area contributed by atoms with E-state index in [2.05, 4.69) is 27.4 Å². The second-order valence-electron chi connectivity index (χ2n) is 11.6. The normalized spacial score (nSPS) is 39.1. The molecule has 3 heterocycles. The van der Waals surface area contributed by atoms with E-state index in [4.69, 9.17) is 4.98 Å². The summed E-state index contributed by atoms with van der Waals surface area (Å²) in [6.45, 7) is 7.60. The van der Waals surface area contributed by atoms with Gasteiger partial charge in [-0.25, -0.2) is 4.98 Å². The molecule has 0 radical (unpaired) electrons. The summed E-state index contributed by atoms with van der Waals surface area (Å²) in [5.41, 5.74) is 0.0514. The second-order valence-corrected chi connectivity index (χ2v) is 11.6. The molecule has 180 valence electrons. The van der Waals surface area contributed by atoms with Crippen LogP contribution in [-0.4, -0.2) is 77.3 Å². The molecule has 2 saturated heterocycles. The molecule has 3 atom stereocenters. The Labute approximate surface area is 197 Å². The summed E-state index contributed by atoms with van der Waals surface area (Å²) in [5.74, 6) is 2.34. The Hall–Kier alpha value is -1.70.